The summed E-state index contributed by atoms with van der Waals surface area (Å²) >= 11 is 5.42. The van der Waals surface area contributed by atoms with Gasteiger partial charge in [0.1, 0.15) is 0 Å². The Bertz CT molecular complexity index is 1430. The number of halogens is 2. The Morgan fingerprint density at radius 3 is 2.36 bits per heavy atom. The number of hydrazone groups is 1. The fourth-order valence-electron chi connectivity index (χ4n) is 3.59. The zero-order valence-corrected chi connectivity index (χ0v) is 26.9. The van der Waals surface area contributed by atoms with Gasteiger partial charge in [-0.25, -0.2) is 5.43 Å². The second-order valence-corrected chi connectivity index (χ2v) is 10.6. The third-order valence-electron chi connectivity index (χ3n) is 5.54. The fourth-order valence-corrected chi connectivity index (χ4v) is 4.63. The van der Waals surface area contributed by atoms with Crippen LogP contribution in [0.15, 0.2) is 64.2 Å². The number of nitrogens with one attached hydrogen (secondary N) is 3. The van der Waals surface area contributed by atoms with E-state index in [1.165, 1.54) is 6.21 Å². The SMILES string of the molecule is CCOc1cc(/C=N\NC(=O)C(=O)NCCc2ccc(OC)c(OC)c2)cc(I)c1OCC(=O)Nc1ccc(Br)cc1. The average molecular weight is 753 g/mol. The van der Waals surface area contributed by atoms with Gasteiger partial charge >= 0.3 is 11.8 Å². The van der Waals surface area contributed by atoms with E-state index in [0.29, 0.717) is 50.8 Å². The van der Waals surface area contributed by atoms with Gasteiger partial charge in [0.2, 0.25) is 0 Å². The van der Waals surface area contributed by atoms with Crippen LogP contribution in [0.5, 0.6) is 23.0 Å². The van der Waals surface area contributed by atoms with Crippen molar-refractivity contribution in [2.24, 2.45) is 5.10 Å². The third kappa shape index (κ3) is 9.91. The zero-order valence-electron chi connectivity index (χ0n) is 23.2. The summed E-state index contributed by atoms with van der Waals surface area (Å²) in [6.07, 6.45) is 1.87. The zero-order chi connectivity index (χ0) is 30.5. The molecule has 0 radical (unpaired) electrons. The first-order valence-electron chi connectivity index (χ1n) is 12.7. The highest BCUT2D eigenvalue weighted by Crippen LogP contribution is 2.34. The number of hydrogen-bond acceptors (Lipinski definition) is 8. The number of amides is 3. The topological polar surface area (TPSA) is 137 Å². The maximum Gasteiger partial charge on any atom is 0.329 e. The first-order valence-corrected chi connectivity index (χ1v) is 14.6. The highest BCUT2D eigenvalue weighted by Gasteiger charge is 2.15. The van der Waals surface area contributed by atoms with Crippen molar-refractivity contribution in [3.8, 4) is 23.0 Å². The van der Waals surface area contributed by atoms with E-state index in [1.54, 1.807) is 44.6 Å². The molecule has 0 aromatic heterocycles. The van der Waals surface area contributed by atoms with Crippen LogP contribution in [-0.2, 0) is 20.8 Å². The monoisotopic (exact) mass is 752 g/mol. The average Bonchev–Trinajstić information content (AvgIpc) is 2.97. The van der Waals surface area contributed by atoms with Crippen molar-refractivity contribution < 1.29 is 33.3 Å². The molecule has 11 nitrogen and oxygen atoms in total. The molecule has 3 aromatic rings. The molecule has 3 aromatic carbocycles. The molecular formula is C29H30BrIN4O7. The smallest absolute Gasteiger partial charge is 0.329 e. The lowest BCUT2D eigenvalue weighted by molar-refractivity contribution is -0.139. The molecule has 0 heterocycles. The number of anilines is 1. The van der Waals surface area contributed by atoms with Crippen molar-refractivity contribution in [2.75, 3.05) is 39.3 Å². The highest BCUT2D eigenvalue weighted by atomic mass is 127. The minimum Gasteiger partial charge on any atom is -0.493 e. The van der Waals surface area contributed by atoms with Gasteiger partial charge < -0.3 is 29.6 Å². The number of carbonyl (C=O) groups is 3. The van der Waals surface area contributed by atoms with Gasteiger partial charge in [-0.05, 0) is 95.6 Å². The van der Waals surface area contributed by atoms with Crippen molar-refractivity contribution in [3.63, 3.8) is 0 Å². The van der Waals surface area contributed by atoms with Gasteiger partial charge in [-0.1, -0.05) is 22.0 Å². The molecule has 0 bridgehead atoms. The Morgan fingerprint density at radius 2 is 1.67 bits per heavy atom. The minimum atomic E-state index is -0.907. The summed E-state index contributed by atoms with van der Waals surface area (Å²) in [5.74, 6) is -0.0617. The lowest BCUT2D eigenvalue weighted by atomic mass is 10.1. The van der Waals surface area contributed by atoms with E-state index >= 15 is 0 Å². The Labute approximate surface area is 265 Å². The van der Waals surface area contributed by atoms with Crippen molar-refractivity contribution in [2.45, 2.75) is 13.3 Å². The molecule has 0 aliphatic rings. The van der Waals surface area contributed by atoms with Gasteiger partial charge in [0, 0.05) is 16.7 Å². The molecule has 42 heavy (non-hydrogen) atoms. The summed E-state index contributed by atoms with van der Waals surface area (Å²) in [6, 6.07) is 16.0. The van der Waals surface area contributed by atoms with Gasteiger partial charge in [0.25, 0.3) is 5.91 Å². The van der Waals surface area contributed by atoms with E-state index in [-0.39, 0.29) is 19.1 Å². The van der Waals surface area contributed by atoms with E-state index in [0.717, 1.165) is 10.0 Å². The number of methoxy groups -OCH3 is 2. The summed E-state index contributed by atoms with van der Waals surface area (Å²) < 4.78 is 23.5. The number of benzene rings is 3. The van der Waals surface area contributed by atoms with Crippen LogP contribution in [0.2, 0.25) is 0 Å². The van der Waals surface area contributed by atoms with Crippen molar-refractivity contribution in [1.29, 1.82) is 0 Å². The molecule has 0 fully saturated rings. The van der Waals surface area contributed by atoms with Crippen LogP contribution in [0, 0.1) is 3.57 Å². The van der Waals surface area contributed by atoms with Gasteiger partial charge in [-0.3, -0.25) is 14.4 Å². The maximum absolute atomic E-state index is 12.4. The minimum absolute atomic E-state index is 0.225. The second kappa shape index (κ2) is 16.6. The molecule has 3 rings (SSSR count). The third-order valence-corrected chi connectivity index (χ3v) is 6.87. The maximum atomic E-state index is 12.4. The molecule has 0 spiro atoms. The number of hydrogen-bond donors (Lipinski definition) is 3. The molecule has 0 unspecified atom stereocenters. The Kier molecular flexibility index (Phi) is 12.9. The molecule has 0 saturated carbocycles. The molecular weight excluding hydrogens is 723 g/mol. The van der Waals surface area contributed by atoms with Gasteiger partial charge in [-0.2, -0.15) is 5.10 Å². The van der Waals surface area contributed by atoms with Gasteiger partial charge in [0.15, 0.2) is 29.6 Å². The summed E-state index contributed by atoms with van der Waals surface area (Å²) in [7, 11) is 3.10. The first-order chi connectivity index (χ1) is 20.2. The standard InChI is InChI=1S/C29H30BrIN4O7/c1-4-41-25-15-19(13-22(31)27(25)42-17-26(36)34-21-8-6-20(30)7-9-21)16-33-35-29(38)28(37)32-12-11-18-5-10-23(39-2)24(14-18)40-3/h5-10,13-16H,4,11-12,17H2,1-3H3,(H,32,37)(H,34,36)(H,35,38)/b33-16-. The van der Waals surface area contributed by atoms with E-state index in [9.17, 15) is 14.4 Å². The largest absolute Gasteiger partial charge is 0.493 e. The van der Waals surface area contributed by atoms with E-state index in [2.05, 4.69) is 59.7 Å². The van der Waals surface area contributed by atoms with Crippen molar-refractivity contribution in [1.82, 2.24) is 10.7 Å². The summed E-state index contributed by atoms with van der Waals surface area (Å²) in [6.45, 7) is 2.20. The molecule has 3 amide bonds. The lowest BCUT2D eigenvalue weighted by Crippen LogP contribution is -2.38. The van der Waals surface area contributed by atoms with Crippen molar-refractivity contribution in [3.05, 3.63) is 73.8 Å². The molecule has 222 valence electrons. The van der Waals surface area contributed by atoms with Crippen LogP contribution in [0.4, 0.5) is 5.69 Å². The normalized spacial score (nSPS) is 10.6. The fraction of sp³-hybridized carbons (Fsp3) is 0.241. The molecule has 0 aliphatic heterocycles. The Balaban J connectivity index is 1.52. The summed E-state index contributed by atoms with van der Waals surface area (Å²) in [4.78, 5) is 36.7. The van der Waals surface area contributed by atoms with Crippen LogP contribution in [0.1, 0.15) is 18.1 Å². The van der Waals surface area contributed by atoms with Crippen LogP contribution < -0.4 is 35.0 Å². The molecule has 0 saturated heterocycles. The van der Waals surface area contributed by atoms with E-state index in [4.69, 9.17) is 18.9 Å². The predicted octanol–water partition coefficient (Wildman–Crippen LogP) is 4.30. The van der Waals surface area contributed by atoms with Gasteiger partial charge in [-0.15, -0.1) is 0 Å². The number of ether oxygens (including phenoxy) is 4. The second-order valence-electron chi connectivity index (χ2n) is 8.50. The molecule has 3 N–H and O–H groups in total. The van der Waals surface area contributed by atoms with Crippen LogP contribution in [0.3, 0.4) is 0 Å². The van der Waals surface area contributed by atoms with Gasteiger partial charge in [0.05, 0.1) is 30.6 Å². The number of nitrogens with zero attached hydrogens (tertiary/aromatic N) is 1. The van der Waals surface area contributed by atoms with Crippen LogP contribution >= 0.6 is 38.5 Å². The summed E-state index contributed by atoms with van der Waals surface area (Å²) in [5.41, 5.74) is 4.35. The summed E-state index contributed by atoms with van der Waals surface area (Å²) in [5, 5.41) is 9.21. The molecule has 0 aliphatic carbocycles. The number of carbonyl (C=O) groups excluding carboxylic acids is 3. The van der Waals surface area contributed by atoms with Crippen LogP contribution in [-0.4, -0.2) is 57.9 Å². The number of rotatable bonds is 13. The highest BCUT2D eigenvalue weighted by molar-refractivity contribution is 14.1. The van der Waals surface area contributed by atoms with E-state index < -0.39 is 11.8 Å². The van der Waals surface area contributed by atoms with Crippen LogP contribution in [0.25, 0.3) is 0 Å². The predicted molar refractivity (Wildman–Crippen MR) is 171 cm³/mol. The Hall–Kier alpha value is -3.85. The lowest BCUT2D eigenvalue weighted by Gasteiger charge is -2.14. The van der Waals surface area contributed by atoms with E-state index in [1.807, 2.05) is 31.2 Å². The molecule has 0 atom stereocenters. The molecule has 13 heteroatoms. The van der Waals surface area contributed by atoms with Crippen molar-refractivity contribution >= 4 is 68.1 Å². The quantitative estimate of drug-likeness (QED) is 0.103. The Morgan fingerprint density at radius 1 is 0.929 bits per heavy atom. The first kappa shape index (κ1) is 32.7.